The molecule has 1 aliphatic rings. The molecule has 2 heterocycles. The third-order valence-electron chi connectivity index (χ3n) is 3.01. The van der Waals surface area contributed by atoms with Gasteiger partial charge in [0.1, 0.15) is 18.2 Å². The van der Waals surface area contributed by atoms with Gasteiger partial charge in [0.15, 0.2) is 6.19 Å². The van der Waals surface area contributed by atoms with Crippen LogP contribution in [0.15, 0.2) is 12.3 Å². The van der Waals surface area contributed by atoms with Gasteiger partial charge in [-0.05, 0) is 19.8 Å². The molecule has 0 aliphatic carbocycles. The molecule has 1 aromatic rings. The van der Waals surface area contributed by atoms with E-state index in [1.165, 1.54) is 0 Å². The Morgan fingerprint density at radius 3 is 3.29 bits per heavy atom. The first-order valence-corrected chi connectivity index (χ1v) is 5.72. The Morgan fingerprint density at radius 2 is 2.53 bits per heavy atom. The van der Waals surface area contributed by atoms with Crippen molar-refractivity contribution in [3.8, 4) is 11.9 Å². The van der Waals surface area contributed by atoms with Crippen LogP contribution in [0.4, 0.5) is 5.82 Å². The summed E-state index contributed by atoms with van der Waals surface area (Å²) in [4.78, 5) is 5.76. The van der Waals surface area contributed by atoms with Crippen LogP contribution in [0.2, 0.25) is 0 Å². The van der Waals surface area contributed by atoms with Crippen molar-refractivity contribution in [2.24, 2.45) is 0 Å². The van der Waals surface area contributed by atoms with Crippen LogP contribution in [0.1, 0.15) is 18.4 Å². The third kappa shape index (κ3) is 2.59. The lowest BCUT2D eigenvalue weighted by Gasteiger charge is -2.19. The minimum Gasteiger partial charge on any atom is -0.491 e. The van der Waals surface area contributed by atoms with Crippen molar-refractivity contribution in [2.45, 2.75) is 25.8 Å². The van der Waals surface area contributed by atoms with Gasteiger partial charge >= 0.3 is 0 Å². The van der Waals surface area contributed by atoms with Crippen molar-refractivity contribution in [2.75, 3.05) is 18.9 Å². The number of likely N-dealkylation sites (tertiary alicyclic amines) is 1. The summed E-state index contributed by atoms with van der Waals surface area (Å²) in [6.45, 7) is 3.29. The molecule has 5 heteroatoms. The van der Waals surface area contributed by atoms with E-state index < -0.39 is 0 Å². The van der Waals surface area contributed by atoms with Crippen LogP contribution in [0.5, 0.6) is 5.75 Å². The van der Waals surface area contributed by atoms with E-state index in [-0.39, 0.29) is 6.04 Å². The minimum absolute atomic E-state index is 0.189. The molecule has 0 aromatic carbocycles. The first-order chi connectivity index (χ1) is 8.20. The van der Waals surface area contributed by atoms with Crippen molar-refractivity contribution in [3.63, 3.8) is 0 Å². The molecule has 0 unspecified atom stereocenters. The number of hydrogen-bond donors (Lipinski definition) is 1. The van der Waals surface area contributed by atoms with E-state index in [0.717, 1.165) is 30.7 Å². The van der Waals surface area contributed by atoms with Crippen LogP contribution in [0, 0.1) is 18.4 Å². The van der Waals surface area contributed by atoms with E-state index in [9.17, 15) is 0 Å². The van der Waals surface area contributed by atoms with E-state index in [2.05, 4.69) is 11.2 Å². The molecule has 1 aromatic heterocycles. The number of rotatable bonds is 3. The van der Waals surface area contributed by atoms with Gasteiger partial charge < -0.3 is 15.4 Å². The maximum absolute atomic E-state index is 8.92. The van der Waals surface area contributed by atoms with Crippen LogP contribution in [-0.4, -0.2) is 29.1 Å². The molecule has 1 atom stereocenters. The van der Waals surface area contributed by atoms with Gasteiger partial charge in [-0.2, -0.15) is 5.26 Å². The van der Waals surface area contributed by atoms with Gasteiger partial charge in [-0.15, -0.1) is 0 Å². The van der Waals surface area contributed by atoms with E-state index in [1.807, 2.05) is 6.92 Å². The maximum Gasteiger partial charge on any atom is 0.179 e. The van der Waals surface area contributed by atoms with Gasteiger partial charge in [0.25, 0.3) is 0 Å². The topological polar surface area (TPSA) is 75.2 Å². The molecule has 0 bridgehead atoms. The highest BCUT2D eigenvalue weighted by molar-refractivity contribution is 5.41. The molecular weight excluding hydrogens is 216 g/mol. The van der Waals surface area contributed by atoms with Crippen molar-refractivity contribution in [1.29, 1.82) is 5.26 Å². The number of nitriles is 1. The normalized spacial score (nSPS) is 19.1. The molecule has 2 rings (SSSR count). The summed E-state index contributed by atoms with van der Waals surface area (Å²) < 4.78 is 5.72. The lowest BCUT2D eigenvalue weighted by Crippen LogP contribution is -2.30. The molecule has 1 saturated heterocycles. The Labute approximate surface area is 101 Å². The molecule has 1 fully saturated rings. The smallest absolute Gasteiger partial charge is 0.179 e. The van der Waals surface area contributed by atoms with E-state index in [0.29, 0.717) is 12.4 Å². The zero-order valence-corrected chi connectivity index (χ0v) is 9.89. The number of nitrogens with zero attached hydrogens (tertiary/aromatic N) is 3. The quantitative estimate of drug-likeness (QED) is 0.795. The summed E-state index contributed by atoms with van der Waals surface area (Å²) in [7, 11) is 0. The number of ether oxygens (including phenoxy) is 1. The zero-order valence-electron chi connectivity index (χ0n) is 9.89. The van der Waals surface area contributed by atoms with Crippen LogP contribution in [-0.2, 0) is 0 Å². The second-order valence-electron chi connectivity index (χ2n) is 4.28. The summed E-state index contributed by atoms with van der Waals surface area (Å²) in [5.74, 6) is 1.21. The first kappa shape index (κ1) is 11.5. The van der Waals surface area contributed by atoms with Crippen LogP contribution in [0.25, 0.3) is 0 Å². The number of nitrogens with two attached hydrogens (primary N) is 1. The van der Waals surface area contributed by atoms with Crippen molar-refractivity contribution in [1.82, 2.24) is 9.88 Å². The summed E-state index contributed by atoms with van der Waals surface area (Å²) in [6.07, 6.45) is 5.95. The second-order valence-corrected chi connectivity index (χ2v) is 4.28. The first-order valence-electron chi connectivity index (χ1n) is 5.72. The van der Waals surface area contributed by atoms with Crippen molar-refractivity contribution in [3.05, 3.63) is 17.8 Å². The largest absolute Gasteiger partial charge is 0.491 e. The van der Waals surface area contributed by atoms with Gasteiger partial charge in [0.2, 0.25) is 0 Å². The average molecular weight is 232 g/mol. The van der Waals surface area contributed by atoms with E-state index >= 15 is 0 Å². The van der Waals surface area contributed by atoms with Crippen LogP contribution in [0.3, 0.4) is 0 Å². The van der Waals surface area contributed by atoms with Gasteiger partial charge in [-0.3, -0.25) is 0 Å². The maximum atomic E-state index is 8.92. The SMILES string of the molecule is Cc1cnc(N)cc1OC[C@@H]1CCCN1C#N. The number of anilines is 1. The van der Waals surface area contributed by atoms with Crippen molar-refractivity contribution < 1.29 is 4.74 Å². The standard InChI is InChI=1S/C12H16N4O/c1-9-6-15-12(14)5-11(9)17-7-10-3-2-4-16(10)8-13/h5-6,10H,2-4,7H2,1H3,(H2,14,15)/t10-/m0/s1. The fraction of sp³-hybridized carbons (Fsp3) is 0.500. The number of aryl methyl sites for hydroxylation is 1. The third-order valence-corrected chi connectivity index (χ3v) is 3.01. The molecule has 90 valence electrons. The molecule has 17 heavy (non-hydrogen) atoms. The predicted molar refractivity (Wildman–Crippen MR) is 64.2 cm³/mol. The summed E-state index contributed by atoms with van der Waals surface area (Å²) in [5, 5.41) is 8.92. The predicted octanol–water partition coefficient (Wildman–Crippen LogP) is 1.30. The molecule has 0 amide bonds. The highest BCUT2D eigenvalue weighted by Gasteiger charge is 2.24. The molecule has 0 radical (unpaired) electrons. The molecule has 5 nitrogen and oxygen atoms in total. The number of aromatic nitrogens is 1. The van der Waals surface area contributed by atoms with Gasteiger partial charge in [0.05, 0.1) is 6.04 Å². The molecule has 0 saturated carbocycles. The lowest BCUT2D eigenvalue weighted by atomic mass is 10.2. The van der Waals surface area contributed by atoms with E-state index in [1.54, 1.807) is 17.2 Å². The monoisotopic (exact) mass is 232 g/mol. The molecule has 1 aliphatic heterocycles. The summed E-state index contributed by atoms with van der Waals surface area (Å²) in [6, 6.07) is 1.91. The second kappa shape index (κ2) is 4.91. The zero-order chi connectivity index (χ0) is 12.3. The Balaban J connectivity index is 1.98. The Morgan fingerprint density at radius 1 is 1.71 bits per heavy atom. The van der Waals surface area contributed by atoms with Crippen LogP contribution >= 0.6 is 0 Å². The Hall–Kier alpha value is -1.96. The molecule has 0 spiro atoms. The highest BCUT2D eigenvalue weighted by atomic mass is 16.5. The van der Waals surface area contributed by atoms with Crippen LogP contribution < -0.4 is 10.5 Å². The minimum atomic E-state index is 0.189. The summed E-state index contributed by atoms with van der Waals surface area (Å²) >= 11 is 0. The Bertz CT molecular complexity index is 441. The fourth-order valence-electron chi connectivity index (χ4n) is 2.00. The Kier molecular flexibility index (Phi) is 3.33. The summed E-state index contributed by atoms with van der Waals surface area (Å²) in [5.41, 5.74) is 6.57. The van der Waals surface area contributed by atoms with Gasteiger partial charge in [-0.25, -0.2) is 4.98 Å². The van der Waals surface area contributed by atoms with Crippen molar-refractivity contribution >= 4 is 5.82 Å². The fourth-order valence-corrected chi connectivity index (χ4v) is 2.00. The number of hydrogen-bond acceptors (Lipinski definition) is 5. The average Bonchev–Trinajstić information content (AvgIpc) is 2.77. The molecular formula is C12H16N4O. The van der Waals surface area contributed by atoms with Gasteiger partial charge in [0, 0.05) is 24.4 Å². The number of pyridine rings is 1. The number of nitrogen functional groups attached to an aromatic ring is 1. The lowest BCUT2D eigenvalue weighted by molar-refractivity contribution is 0.218. The molecule has 2 N–H and O–H groups in total. The van der Waals surface area contributed by atoms with Gasteiger partial charge in [-0.1, -0.05) is 0 Å². The van der Waals surface area contributed by atoms with E-state index in [4.69, 9.17) is 15.7 Å². The highest BCUT2D eigenvalue weighted by Crippen LogP contribution is 2.21.